The van der Waals surface area contributed by atoms with E-state index in [1.54, 1.807) is 6.26 Å². The second-order valence-electron chi connectivity index (χ2n) is 4.09. The van der Waals surface area contributed by atoms with E-state index >= 15 is 0 Å². The first-order valence-corrected chi connectivity index (χ1v) is 7.18. The second kappa shape index (κ2) is 6.84. The summed E-state index contributed by atoms with van der Waals surface area (Å²) in [6, 6.07) is 2.11. The van der Waals surface area contributed by atoms with Crippen molar-refractivity contribution in [3.63, 3.8) is 0 Å². The molecule has 17 heavy (non-hydrogen) atoms. The summed E-state index contributed by atoms with van der Waals surface area (Å²) in [5.41, 5.74) is 0.903. The first-order valence-electron chi connectivity index (χ1n) is 6.06. The average molecular weight is 302 g/mol. The van der Waals surface area contributed by atoms with Gasteiger partial charge in [0.05, 0.1) is 6.26 Å². The smallest absolute Gasteiger partial charge is 0.290 e. The molecule has 0 radical (unpaired) electrons. The number of alkyl halides is 1. The van der Waals surface area contributed by atoms with Crippen molar-refractivity contribution >= 4 is 21.8 Å². The van der Waals surface area contributed by atoms with E-state index in [-0.39, 0.29) is 11.9 Å². The average Bonchev–Trinajstić information content (AvgIpc) is 2.75. The topological polar surface area (TPSA) is 33.5 Å². The molecule has 0 aromatic carbocycles. The van der Waals surface area contributed by atoms with Crippen LogP contribution in [0, 0.1) is 6.92 Å². The summed E-state index contributed by atoms with van der Waals surface area (Å²) in [6.07, 6.45) is 3.51. The van der Waals surface area contributed by atoms with Gasteiger partial charge in [-0.05, 0) is 25.8 Å². The minimum atomic E-state index is 0.000602. The lowest BCUT2D eigenvalue weighted by atomic mass is 10.1. The van der Waals surface area contributed by atoms with Gasteiger partial charge in [-0.2, -0.15) is 0 Å². The molecule has 0 unspecified atom stereocenters. The van der Waals surface area contributed by atoms with Gasteiger partial charge < -0.3 is 9.32 Å². The summed E-state index contributed by atoms with van der Waals surface area (Å²) in [4.78, 5) is 14.3. The van der Waals surface area contributed by atoms with Gasteiger partial charge in [0.25, 0.3) is 5.91 Å². The summed E-state index contributed by atoms with van der Waals surface area (Å²) >= 11 is 3.40. The zero-order chi connectivity index (χ0) is 12.8. The van der Waals surface area contributed by atoms with Gasteiger partial charge in [-0.3, -0.25) is 4.79 Å². The predicted molar refractivity (Wildman–Crippen MR) is 72.6 cm³/mol. The lowest BCUT2D eigenvalue weighted by Gasteiger charge is -2.29. The van der Waals surface area contributed by atoms with Crippen LogP contribution in [0.15, 0.2) is 16.7 Å². The number of nitrogens with zero attached hydrogens (tertiary/aromatic N) is 1. The minimum absolute atomic E-state index is 0.000602. The number of halogens is 1. The van der Waals surface area contributed by atoms with Crippen LogP contribution in [0.4, 0.5) is 0 Å². The zero-order valence-electron chi connectivity index (χ0n) is 10.7. The normalized spacial score (nSPS) is 10.9. The molecule has 0 atom stereocenters. The number of aryl methyl sites for hydroxylation is 1. The Bertz CT molecular complexity index is 358. The van der Waals surface area contributed by atoms with Gasteiger partial charge in [-0.15, -0.1) is 0 Å². The van der Waals surface area contributed by atoms with Gasteiger partial charge in [-0.1, -0.05) is 29.8 Å². The van der Waals surface area contributed by atoms with E-state index in [1.165, 1.54) is 0 Å². The number of amides is 1. The van der Waals surface area contributed by atoms with Crippen LogP contribution < -0.4 is 0 Å². The number of furan rings is 1. The molecule has 0 aliphatic carbocycles. The van der Waals surface area contributed by atoms with Crippen LogP contribution in [0.5, 0.6) is 0 Å². The van der Waals surface area contributed by atoms with Crippen molar-refractivity contribution in [2.45, 2.75) is 39.7 Å². The van der Waals surface area contributed by atoms with Crippen molar-refractivity contribution < 1.29 is 9.21 Å². The molecule has 0 saturated heterocycles. The Morgan fingerprint density at radius 1 is 1.47 bits per heavy atom. The fourth-order valence-electron chi connectivity index (χ4n) is 1.99. The quantitative estimate of drug-likeness (QED) is 0.752. The Kier molecular flexibility index (Phi) is 5.75. The molecule has 0 aliphatic rings. The van der Waals surface area contributed by atoms with E-state index in [4.69, 9.17) is 4.42 Å². The van der Waals surface area contributed by atoms with Crippen molar-refractivity contribution in [3.05, 3.63) is 23.7 Å². The van der Waals surface area contributed by atoms with Crippen LogP contribution in [-0.4, -0.2) is 28.7 Å². The first kappa shape index (κ1) is 14.3. The Morgan fingerprint density at radius 2 is 2.12 bits per heavy atom. The molecular weight excluding hydrogens is 282 g/mol. The number of rotatable bonds is 6. The highest BCUT2D eigenvalue weighted by atomic mass is 79.9. The lowest BCUT2D eigenvalue weighted by molar-refractivity contribution is 0.0649. The molecule has 96 valence electrons. The summed E-state index contributed by atoms with van der Waals surface area (Å²) < 4.78 is 5.29. The van der Waals surface area contributed by atoms with Crippen LogP contribution in [0.1, 0.15) is 42.8 Å². The molecule has 0 spiro atoms. The largest absolute Gasteiger partial charge is 0.459 e. The first-order chi connectivity index (χ1) is 8.15. The Morgan fingerprint density at radius 3 is 2.53 bits per heavy atom. The predicted octanol–water partition coefficient (Wildman–Crippen LogP) is 3.61. The van der Waals surface area contributed by atoms with Crippen LogP contribution in [0.2, 0.25) is 0 Å². The van der Waals surface area contributed by atoms with Crippen molar-refractivity contribution in [2.75, 3.05) is 11.9 Å². The molecule has 1 aromatic heterocycles. The van der Waals surface area contributed by atoms with Gasteiger partial charge >= 0.3 is 0 Å². The molecule has 4 heteroatoms. The molecule has 0 bridgehead atoms. The number of hydrogen-bond donors (Lipinski definition) is 0. The van der Waals surface area contributed by atoms with Gasteiger partial charge in [0.15, 0.2) is 5.76 Å². The molecule has 1 aromatic rings. The zero-order valence-corrected chi connectivity index (χ0v) is 12.3. The van der Waals surface area contributed by atoms with Gasteiger partial charge in [0.2, 0.25) is 0 Å². The van der Waals surface area contributed by atoms with E-state index in [1.807, 2.05) is 17.9 Å². The van der Waals surface area contributed by atoms with E-state index < -0.39 is 0 Å². The van der Waals surface area contributed by atoms with Crippen molar-refractivity contribution in [1.82, 2.24) is 4.90 Å². The van der Waals surface area contributed by atoms with Crippen LogP contribution >= 0.6 is 15.9 Å². The van der Waals surface area contributed by atoms with Crippen molar-refractivity contribution in [3.8, 4) is 0 Å². The Balaban J connectivity index is 2.91. The maximum atomic E-state index is 12.4. The molecule has 0 saturated carbocycles. The fourth-order valence-corrected chi connectivity index (χ4v) is 2.37. The standard InChI is InChI=1S/C13H20BrNO2/c1-4-11(5-2)15(8-7-14)13(16)12-10(3)6-9-17-12/h6,9,11H,4-5,7-8H2,1-3H3. The summed E-state index contributed by atoms with van der Waals surface area (Å²) in [7, 11) is 0. The van der Waals surface area contributed by atoms with Gasteiger partial charge in [-0.25, -0.2) is 0 Å². The van der Waals surface area contributed by atoms with E-state index in [0.717, 1.165) is 23.7 Å². The third-order valence-corrected chi connectivity index (χ3v) is 3.38. The molecule has 1 amide bonds. The molecular formula is C13H20BrNO2. The molecule has 3 nitrogen and oxygen atoms in total. The third-order valence-electron chi connectivity index (χ3n) is 3.03. The maximum absolute atomic E-state index is 12.4. The minimum Gasteiger partial charge on any atom is -0.459 e. The molecule has 1 heterocycles. The molecule has 0 N–H and O–H groups in total. The summed E-state index contributed by atoms with van der Waals surface area (Å²) in [5, 5.41) is 0.787. The van der Waals surface area contributed by atoms with Crippen molar-refractivity contribution in [1.29, 1.82) is 0 Å². The van der Waals surface area contributed by atoms with Crippen molar-refractivity contribution in [2.24, 2.45) is 0 Å². The number of carbonyl (C=O) groups excluding carboxylic acids is 1. The number of hydrogen-bond acceptors (Lipinski definition) is 2. The Hall–Kier alpha value is -0.770. The molecule has 0 aliphatic heterocycles. The molecule has 1 rings (SSSR count). The third kappa shape index (κ3) is 3.35. The SMILES string of the molecule is CCC(CC)N(CCBr)C(=O)c1occc1C. The summed E-state index contributed by atoms with van der Waals surface area (Å²) in [5.74, 6) is 0.471. The molecule has 0 fully saturated rings. The highest BCUT2D eigenvalue weighted by Gasteiger charge is 2.24. The van der Waals surface area contributed by atoms with Crippen LogP contribution in [-0.2, 0) is 0 Å². The maximum Gasteiger partial charge on any atom is 0.290 e. The van der Waals surface area contributed by atoms with E-state index in [0.29, 0.717) is 12.3 Å². The van der Waals surface area contributed by atoms with Crippen LogP contribution in [0.3, 0.4) is 0 Å². The summed E-state index contributed by atoms with van der Waals surface area (Å²) in [6.45, 7) is 6.83. The second-order valence-corrected chi connectivity index (χ2v) is 4.88. The highest BCUT2D eigenvalue weighted by molar-refractivity contribution is 9.09. The monoisotopic (exact) mass is 301 g/mol. The fraction of sp³-hybridized carbons (Fsp3) is 0.615. The van der Waals surface area contributed by atoms with Gasteiger partial charge in [0, 0.05) is 23.5 Å². The number of carbonyl (C=O) groups is 1. The van der Waals surface area contributed by atoms with E-state index in [2.05, 4.69) is 29.8 Å². The highest BCUT2D eigenvalue weighted by Crippen LogP contribution is 2.17. The Labute approximate surface area is 111 Å². The van der Waals surface area contributed by atoms with Gasteiger partial charge in [0.1, 0.15) is 0 Å². The van der Waals surface area contributed by atoms with E-state index in [9.17, 15) is 4.79 Å². The lowest BCUT2D eigenvalue weighted by Crippen LogP contribution is -2.41. The van der Waals surface area contributed by atoms with Crippen LogP contribution in [0.25, 0.3) is 0 Å².